The molecule has 12 heavy (non-hydrogen) atoms. The fourth-order valence-corrected chi connectivity index (χ4v) is 1.21. The summed E-state index contributed by atoms with van der Waals surface area (Å²) in [5.41, 5.74) is 1.67. The van der Waals surface area contributed by atoms with Crippen LogP contribution in [0.2, 0.25) is 0 Å². The van der Waals surface area contributed by atoms with Gasteiger partial charge >= 0.3 is 0 Å². The van der Waals surface area contributed by atoms with E-state index in [9.17, 15) is 0 Å². The second-order valence-electron chi connectivity index (χ2n) is 2.54. The molecule has 1 aromatic carbocycles. The quantitative estimate of drug-likeness (QED) is 0.680. The molecule has 0 saturated heterocycles. The standard InChI is InChI=1S/C9H8N2O/c12-5-8-3-1-2-7-4-10-6-11-9(7)8/h1-4,6,12H,5H2. The van der Waals surface area contributed by atoms with E-state index in [0.29, 0.717) is 0 Å². The molecule has 1 aromatic heterocycles. The molecule has 3 nitrogen and oxygen atoms in total. The largest absolute Gasteiger partial charge is 0.392 e. The molecule has 0 bridgehead atoms. The summed E-state index contributed by atoms with van der Waals surface area (Å²) >= 11 is 0. The van der Waals surface area contributed by atoms with Crippen LogP contribution in [-0.2, 0) is 6.61 Å². The first kappa shape index (κ1) is 7.18. The van der Waals surface area contributed by atoms with E-state index in [1.165, 1.54) is 6.33 Å². The molecule has 0 spiro atoms. The third-order valence-corrected chi connectivity index (χ3v) is 1.79. The molecule has 1 N–H and O–H groups in total. The van der Waals surface area contributed by atoms with E-state index in [1.54, 1.807) is 6.20 Å². The molecule has 0 saturated carbocycles. The Balaban J connectivity index is 2.79. The van der Waals surface area contributed by atoms with E-state index in [1.807, 2.05) is 18.2 Å². The van der Waals surface area contributed by atoms with Gasteiger partial charge < -0.3 is 5.11 Å². The second kappa shape index (κ2) is 2.87. The second-order valence-corrected chi connectivity index (χ2v) is 2.54. The van der Waals surface area contributed by atoms with E-state index in [-0.39, 0.29) is 6.61 Å². The Morgan fingerprint density at radius 3 is 3.08 bits per heavy atom. The van der Waals surface area contributed by atoms with Crippen LogP contribution in [0.1, 0.15) is 5.56 Å². The molecular formula is C9H8N2O. The van der Waals surface area contributed by atoms with Crippen LogP contribution in [0.25, 0.3) is 10.9 Å². The van der Waals surface area contributed by atoms with Crippen molar-refractivity contribution in [2.75, 3.05) is 0 Å². The first-order valence-corrected chi connectivity index (χ1v) is 3.70. The van der Waals surface area contributed by atoms with Crippen molar-refractivity contribution in [1.29, 1.82) is 0 Å². The average Bonchev–Trinajstić information content (AvgIpc) is 2.17. The number of aromatic nitrogens is 2. The maximum absolute atomic E-state index is 8.98. The van der Waals surface area contributed by atoms with Crippen molar-refractivity contribution < 1.29 is 5.11 Å². The summed E-state index contributed by atoms with van der Waals surface area (Å²) in [4.78, 5) is 7.98. The molecule has 0 fully saturated rings. The maximum atomic E-state index is 8.98. The number of aliphatic hydroxyl groups excluding tert-OH is 1. The van der Waals surface area contributed by atoms with E-state index in [4.69, 9.17) is 5.11 Å². The lowest BCUT2D eigenvalue weighted by molar-refractivity contribution is 0.283. The van der Waals surface area contributed by atoms with Crippen molar-refractivity contribution in [3.05, 3.63) is 36.3 Å². The summed E-state index contributed by atoms with van der Waals surface area (Å²) in [7, 11) is 0. The normalized spacial score (nSPS) is 10.4. The van der Waals surface area contributed by atoms with Gasteiger partial charge in [-0.3, -0.25) is 0 Å². The number of hydrogen-bond acceptors (Lipinski definition) is 3. The van der Waals surface area contributed by atoms with Crippen molar-refractivity contribution in [3.8, 4) is 0 Å². The molecule has 0 aliphatic heterocycles. The molecule has 2 aromatic rings. The minimum absolute atomic E-state index is 0.0222. The van der Waals surface area contributed by atoms with Gasteiger partial charge in [-0.1, -0.05) is 18.2 Å². The highest BCUT2D eigenvalue weighted by atomic mass is 16.3. The van der Waals surface area contributed by atoms with Crippen molar-refractivity contribution in [1.82, 2.24) is 9.97 Å². The summed E-state index contributed by atoms with van der Waals surface area (Å²) in [6.45, 7) is 0.0222. The first-order chi connectivity index (χ1) is 5.92. The highest BCUT2D eigenvalue weighted by Crippen LogP contribution is 2.14. The van der Waals surface area contributed by atoms with Crippen LogP contribution in [-0.4, -0.2) is 15.1 Å². The van der Waals surface area contributed by atoms with Gasteiger partial charge in [0.05, 0.1) is 12.1 Å². The van der Waals surface area contributed by atoms with Gasteiger partial charge in [-0.25, -0.2) is 9.97 Å². The van der Waals surface area contributed by atoms with Gasteiger partial charge in [-0.15, -0.1) is 0 Å². The highest BCUT2D eigenvalue weighted by molar-refractivity contribution is 5.80. The summed E-state index contributed by atoms with van der Waals surface area (Å²) in [5.74, 6) is 0. The summed E-state index contributed by atoms with van der Waals surface area (Å²) in [5, 5.41) is 9.94. The molecule has 0 amide bonds. The number of benzene rings is 1. The van der Waals surface area contributed by atoms with Gasteiger partial charge in [0, 0.05) is 17.1 Å². The lowest BCUT2D eigenvalue weighted by Gasteiger charge is -1.99. The van der Waals surface area contributed by atoms with E-state index >= 15 is 0 Å². The van der Waals surface area contributed by atoms with Gasteiger partial charge in [-0.05, 0) is 0 Å². The van der Waals surface area contributed by atoms with Crippen LogP contribution in [0.15, 0.2) is 30.7 Å². The molecule has 0 aliphatic rings. The minimum Gasteiger partial charge on any atom is -0.392 e. The predicted octanol–water partition coefficient (Wildman–Crippen LogP) is 1.12. The molecule has 3 heteroatoms. The van der Waals surface area contributed by atoms with Gasteiger partial charge in [-0.2, -0.15) is 0 Å². The highest BCUT2D eigenvalue weighted by Gasteiger charge is 1.98. The zero-order valence-electron chi connectivity index (χ0n) is 6.44. The van der Waals surface area contributed by atoms with Crippen molar-refractivity contribution in [2.24, 2.45) is 0 Å². The zero-order chi connectivity index (χ0) is 8.39. The third kappa shape index (κ3) is 1.04. The van der Waals surface area contributed by atoms with Crippen LogP contribution in [0.3, 0.4) is 0 Å². The SMILES string of the molecule is OCc1cccc2cncnc12. The molecule has 0 aliphatic carbocycles. The number of fused-ring (bicyclic) bond motifs is 1. The minimum atomic E-state index is 0.0222. The van der Waals surface area contributed by atoms with E-state index in [2.05, 4.69) is 9.97 Å². The van der Waals surface area contributed by atoms with Crippen molar-refractivity contribution >= 4 is 10.9 Å². The topological polar surface area (TPSA) is 46.0 Å². The Morgan fingerprint density at radius 2 is 2.25 bits per heavy atom. The summed E-state index contributed by atoms with van der Waals surface area (Å²) in [6, 6.07) is 5.67. The van der Waals surface area contributed by atoms with Crippen LogP contribution >= 0.6 is 0 Å². The van der Waals surface area contributed by atoms with Crippen LogP contribution in [0.5, 0.6) is 0 Å². The van der Waals surface area contributed by atoms with Gasteiger partial charge in [0.15, 0.2) is 0 Å². The van der Waals surface area contributed by atoms with E-state index in [0.717, 1.165) is 16.5 Å². The molecule has 0 unspecified atom stereocenters. The maximum Gasteiger partial charge on any atom is 0.116 e. The Labute approximate surface area is 69.7 Å². The predicted molar refractivity (Wildman–Crippen MR) is 45.5 cm³/mol. The monoisotopic (exact) mass is 160 g/mol. The number of para-hydroxylation sites is 1. The third-order valence-electron chi connectivity index (χ3n) is 1.79. The number of aliphatic hydroxyl groups is 1. The molecule has 0 atom stereocenters. The first-order valence-electron chi connectivity index (χ1n) is 3.70. The number of nitrogens with zero attached hydrogens (tertiary/aromatic N) is 2. The molecular weight excluding hydrogens is 152 g/mol. The molecule has 0 radical (unpaired) electrons. The van der Waals surface area contributed by atoms with Crippen LogP contribution < -0.4 is 0 Å². The van der Waals surface area contributed by atoms with Gasteiger partial charge in [0.1, 0.15) is 6.33 Å². The van der Waals surface area contributed by atoms with Gasteiger partial charge in [0.2, 0.25) is 0 Å². The van der Waals surface area contributed by atoms with Crippen LogP contribution in [0.4, 0.5) is 0 Å². The van der Waals surface area contributed by atoms with E-state index < -0.39 is 0 Å². The molecule has 60 valence electrons. The van der Waals surface area contributed by atoms with Gasteiger partial charge in [0.25, 0.3) is 0 Å². The molecule has 2 rings (SSSR count). The van der Waals surface area contributed by atoms with Crippen molar-refractivity contribution in [2.45, 2.75) is 6.61 Å². The fourth-order valence-electron chi connectivity index (χ4n) is 1.21. The lowest BCUT2D eigenvalue weighted by Crippen LogP contribution is -1.88. The average molecular weight is 160 g/mol. The Bertz CT molecular complexity index is 395. The summed E-state index contributed by atoms with van der Waals surface area (Å²) < 4.78 is 0. The van der Waals surface area contributed by atoms with Crippen molar-refractivity contribution in [3.63, 3.8) is 0 Å². The zero-order valence-corrected chi connectivity index (χ0v) is 6.44. The number of rotatable bonds is 1. The van der Waals surface area contributed by atoms with Crippen LogP contribution in [0, 0.1) is 0 Å². The smallest absolute Gasteiger partial charge is 0.116 e. The Hall–Kier alpha value is -1.48. The number of hydrogen-bond donors (Lipinski definition) is 1. The summed E-state index contributed by atoms with van der Waals surface area (Å²) in [6.07, 6.45) is 3.23. The fraction of sp³-hybridized carbons (Fsp3) is 0.111. The Kier molecular flexibility index (Phi) is 1.72. The lowest BCUT2D eigenvalue weighted by atomic mass is 10.1. The molecule has 1 heterocycles. The Morgan fingerprint density at radius 1 is 1.33 bits per heavy atom.